The van der Waals surface area contributed by atoms with Gasteiger partial charge in [-0.2, -0.15) is 0 Å². The molecule has 9 nitrogen and oxygen atoms in total. The van der Waals surface area contributed by atoms with Crippen molar-refractivity contribution in [1.29, 1.82) is 0 Å². The fraction of sp³-hybridized carbons (Fsp3) is 0.579. The molecule has 0 saturated carbocycles. The van der Waals surface area contributed by atoms with E-state index in [0.29, 0.717) is 47.4 Å². The highest BCUT2D eigenvalue weighted by Crippen LogP contribution is 2.29. The number of carbonyl (C=O) groups excluding carboxylic acids is 2. The number of Topliss-reactive ketones (excluding diaryl/α,β-unsaturated/α-hetero) is 1. The third kappa shape index (κ3) is 4.18. The molecule has 1 fully saturated rings. The van der Waals surface area contributed by atoms with Gasteiger partial charge in [0.15, 0.2) is 10.9 Å². The van der Waals surface area contributed by atoms with Gasteiger partial charge in [0, 0.05) is 25.3 Å². The minimum atomic E-state index is -0.448. The van der Waals surface area contributed by atoms with Crippen molar-refractivity contribution in [2.45, 2.75) is 44.6 Å². The molecule has 2 aromatic rings. The van der Waals surface area contributed by atoms with Crippen LogP contribution in [0.3, 0.4) is 0 Å². The van der Waals surface area contributed by atoms with E-state index in [9.17, 15) is 9.59 Å². The fourth-order valence-corrected chi connectivity index (χ4v) is 4.43. The van der Waals surface area contributed by atoms with Crippen molar-refractivity contribution < 1.29 is 19.1 Å². The molecule has 29 heavy (non-hydrogen) atoms. The van der Waals surface area contributed by atoms with Crippen LogP contribution in [0.25, 0.3) is 0 Å². The number of methoxy groups -OCH3 is 1. The Bertz CT molecular complexity index is 901. The van der Waals surface area contributed by atoms with E-state index >= 15 is 0 Å². The van der Waals surface area contributed by atoms with Crippen LogP contribution in [-0.2, 0) is 16.0 Å². The molecule has 0 spiro atoms. The van der Waals surface area contributed by atoms with Crippen LogP contribution in [0.15, 0.2) is 5.16 Å². The van der Waals surface area contributed by atoms with Crippen LogP contribution in [0.1, 0.15) is 46.0 Å². The molecule has 0 radical (unpaired) electrons. The number of aryl methyl sites for hydroxylation is 1. The Morgan fingerprint density at radius 3 is 2.59 bits per heavy atom. The molecular formula is C19H27N5O4S. The van der Waals surface area contributed by atoms with Gasteiger partial charge in [0.2, 0.25) is 5.95 Å². The van der Waals surface area contributed by atoms with E-state index in [4.69, 9.17) is 9.47 Å². The normalized spacial score (nSPS) is 15.4. The zero-order chi connectivity index (χ0) is 21.1. The maximum atomic E-state index is 13.1. The highest BCUT2D eigenvalue weighted by atomic mass is 32.2. The summed E-state index contributed by atoms with van der Waals surface area (Å²) in [5, 5.41) is 8.97. The number of esters is 1. The number of H-pyrrole nitrogens is 1. The first-order valence-corrected chi connectivity index (χ1v) is 10.5. The topological polar surface area (TPSA) is 102 Å². The predicted molar refractivity (Wildman–Crippen MR) is 110 cm³/mol. The zero-order valence-electron chi connectivity index (χ0n) is 17.4. The molecule has 2 aromatic heterocycles. The smallest absolute Gasteiger partial charge is 0.339 e. The zero-order valence-corrected chi connectivity index (χ0v) is 18.3. The van der Waals surface area contributed by atoms with Gasteiger partial charge in [-0.15, -0.1) is 10.2 Å². The van der Waals surface area contributed by atoms with E-state index < -0.39 is 11.2 Å². The molecule has 3 rings (SSSR count). The Balaban J connectivity index is 1.80. The second-order valence-corrected chi connectivity index (χ2v) is 8.18. The summed E-state index contributed by atoms with van der Waals surface area (Å²) in [5.41, 5.74) is 2.08. The van der Waals surface area contributed by atoms with Gasteiger partial charge < -0.3 is 19.4 Å². The average molecular weight is 422 g/mol. The van der Waals surface area contributed by atoms with E-state index in [-0.39, 0.29) is 5.78 Å². The average Bonchev–Trinajstić information content (AvgIpc) is 3.27. The molecule has 10 heteroatoms. The lowest BCUT2D eigenvalue weighted by Gasteiger charge is -2.27. The van der Waals surface area contributed by atoms with E-state index in [0.717, 1.165) is 19.0 Å². The number of hydrogen-bond acceptors (Lipinski definition) is 8. The lowest BCUT2D eigenvalue weighted by molar-refractivity contribution is 0.0599. The maximum Gasteiger partial charge on any atom is 0.339 e. The highest BCUT2D eigenvalue weighted by molar-refractivity contribution is 8.00. The van der Waals surface area contributed by atoms with Gasteiger partial charge in [0.05, 0.1) is 36.8 Å². The van der Waals surface area contributed by atoms with Gasteiger partial charge in [0.25, 0.3) is 0 Å². The Hall–Kier alpha value is -2.33. The summed E-state index contributed by atoms with van der Waals surface area (Å²) in [7, 11) is 1.33. The van der Waals surface area contributed by atoms with Gasteiger partial charge in [-0.25, -0.2) is 4.79 Å². The van der Waals surface area contributed by atoms with Crippen LogP contribution in [0, 0.1) is 13.8 Å². The molecule has 3 heterocycles. The Morgan fingerprint density at radius 2 is 1.97 bits per heavy atom. The lowest BCUT2D eigenvalue weighted by atomic mass is 10.1. The molecule has 1 atom stereocenters. The molecule has 1 aliphatic rings. The van der Waals surface area contributed by atoms with Gasteiger partial charge in [-0.3, -0.25) is 9.36 Å². The van der Waals surface area contributed by atoms with Crippen molar-refractivity contribution in [3.8, 4) is 0 Å². The number of hydrogen-bond donors (Lipinski definition) is 1. The van der Waals surface area contributed by atoms with E-state index in [2.05, 4.69) is 20.1 Å². The summed E-state index contributed by atoms with van der Waals surface area (Å²) in [5.74, 6) is 0.263. The van der Waals surface area contributed by atoms with Gasteiger partial charge >= 0.3 is 5.97 Å². The number of anilines is 1. The first-order chi connectivity index (χ1) is 13.9. The first kappa shape index (κ1) is 21.4. The molecule has 0 unspecified atom stereocenters. The number of aromatic amines is 1. The van der Waals surface area contributed by atoms with Crippen molar-refractivity contribution in [1.82, 2.24) is 19.7 Å². The number of carbonyl (C=O) groups is 2. The Labute approximate surface area is 174 Å². The van der Waals surface area contributed by atoms with Crippen molar-refractivity contribution in [2.24, 2.45) is 0 Å². The molecule has 1 saturated heterocycles. The van der Waals surface area contributed by atoms with Gasteiger partial charge in [-0.1, -0.05) is 11.8 Å². The summed E-state index contributed by atoms with van der Waals surface area (Å²) in [6.07, 6.45) is 0. The summed E-state index contributed by atoms with van der Waals surface area (Å²) < 4.78 is 12.3. The van der Waals surface area contributed by atoms with Crippen LogP contribution in [0.5, 0.6) is 0 Å². The number of aromatic nitrogens is 4. The third-order valence-electron chi connectivity index (χ3n) is 5.03. The number of morpholine rings is 1. The van der Waals surface area contributed by atoms with E-state index in [1.54, 1.807) is 13.8 Å². The quantitative estimate of drug-likeness (QED) is 0.412. The molecule has 158 valence electrons. The molecule has 0 amide bonds. The van der Waals surface area contributed by atoms with Crippen LogP contribution in [0.2, 0.25) is 0 Å². The molecular weight excluding hydrogens is 394 g/mol. The van der Waals surface area contributed by atoms with Crippen LogP contribution < -0.4 is 4.90 Å². The maximum absolute atomic E-state index is 13.1. The summed E-state index contributed by atoms with van der Waals surface area (Å²) in [4.78, 5) is 30.3. The van der Waals surface area contributed by atoms with Crippen molar-refractivity contribution in [2.75, 3.05) is 38.3 Å². The standard InChI is InChI=1S/C19H27N5O4S/c1-6-24-18(23-7-9-28-10-8-23)21-22-19(24)29-13(4)16(25)15-11(2)14(12(3)20-15)17(26)27-5/h13,20H,6-10H2,1-5H3/t13-/m1/s1. The number of ether oxygens (including phenoxy) is 2. The number of nitrogens with one attached hydrogen (secondary N) is 1. The number of ketones is 1. The van der Waals surface area contributed by atoms with Gasteiger partial charge in [-0.05, 0) is 33.3 Å². The SMILES string of the molecule is CCn1c(S[C@H](C)C(=O)c2[nH]c(C)c(C(=O)OC)c2C)nnc1N1CCOCC1. The monoisotopic (exact) mass is 421 g/mol. The third-order valence-corrected chi connectivity index (χ3v) is 6.11. The fourth-order valence-electron chi connectivity index (χ4n) is 3.46. The largest absolute Gasteiger partial charge is 0.465 e. The second kappa shape index (κ2) is 9.00. The molecule has 0 aromatic carbocycles. The molecule has 0 bridgehead atoms. The predicted octanol–water partition coefficient (Wildman–Crippen LogP) is 2.23. The second-order valence-electron chi connectivity index (χ2n) is 6.87. The summed E-state index contributed by atoms with van der Waals surface area (Å²) in [6.45, 7) is 11.0. The summed E-state index contributed by atoms with van der Waals surface area (Å²) >= 11 is 1.37. The van der Waals surface area contributed by atoms with E-state index in [1.807, 2.05) is 18.4 Å². The summed E-state index contributed by atoms with van der Waals surface area (Å²) in [6, 6.07) is 0. The molecule has 1 aliphatic heterocycles. The van der Waals surface area contributed by atoms with Crippen LogP contribution in [-0.4, -0.2) is 70.2 Å². The Morgan fingerprint density at radius 1 is 1.28 bits per heavy atom. The highest BCUT2D eigenvalue weighted by Gasteiger charge is 2.28. The number of nitrogens with zero attached hydrogens (tertiary/aromatic N) is 4. The number of rotatable bonds is 7. The van der Waals surface area contributed by atoms with Crippen molar-refractivity contribution >= 4 is 29.5 Å². The van der Waals surface area contributed by atoms with Gasteiger partial charge in [0.1, 0.15) is 0 Å². The molecule has 0 aliphatic carbocycles. The molecule has 1 N–H and O–H groups in total. The minimum absolute atomic E-state index is 0.0932. The van der Waals surface area contributed by atoms with E-state index in [1.165, 1.54) is 18.9 Å². The van der Waals surface area contributed by atoms with Crippen molar-refractivity contribution in [3.63, 3.8) is 0 Å². The van der Waals surface area contributed by atoms with Crippen LogP contribution >= 0.6 is 11.8 Å². The minimum Gasteiger partial charge on any atom is -0.465 e. The Kier molecular flexibility index (Phi) is 6.63. The number of thioether (sulfide) groups is 1. The lowest BCUT2D eigenvalue weighted by Crippen LogP contribution is -2.38. The first-order valence-electron chi connectivity index (χ1n) is 9.63. The van der Waals surface area contributed by atoms with Crippen LogP contribution in [0.4, 0.5) is 5.95 Å². The van der Waals surface area contributed by atoms with Crippen molar-refractivity contribution in [3.05, 3.63) is 22.5 Å².